The summed E-state index contributed by atoms with van der Waals surface area (Å²) in [5.41, 5.74) is 1.79. The zero-order valence-electron chi connectivity index (χ0n) is 16.2. The molecule has 0 spiro atoms. The standard InChI is InChI=1S/C22H22ClN3O2S/c1-2-28-18-12-10-17(11-13-18)26-21(15-6-5-7-16(23)14-15)24-25-22(26)29-20-9-4-3-8-19(20)27/h5-7,10-14,20H,2-4,8-9H2,1H3. The number of aromatic nitrogens is 3. The first-order chi connectivity index (χ1) is 14.2. The van der Waals surface area contributed by atoms with Gasteiger partial charge in [-0.15, -0.1) is 10.2 Å². The van der Waals surface area contributed by atoms with E-state index in [0.29, 0.717) is 34.8 Å². The summed E-state index contributed by atoms with van der Waals surface area (Å²) in [6, 6.07) is 15.4. The molecule has 3 aromatic rings. The fourth-order valence-corrected chi connectivity index (χ4v) is 4.82. The zero-order valence-corrected chi connectivity index (χ0v) is 17.7. The topological polar surface area (TPSA) is 57.0 Å². The van der Waals surface area contributed by atoms with Crippen LogP contribution in [0.5, 0.6) is 5.75 Å². The van der Waals surface area contributed by atoms with E-state index in [1.165, 1.54) is 11.8 Å². The highest BCUT2D eigenvalue weighted by molar-refractivity contribution is 8.00. The molecule has 0 amide bonds. The fraction of sp³-hybridized carbons (Fsp3) is 0.318. The lowest BCUT2D eigenvalue weighted by molar-refractivity contribution is -0.119. The quantitative estimate of drug-likeness (QED) is 0.513. The first-order valence-corrected chi connectivity index (χ1v) is 11.1. The Labute approximate surface area is 179 Å². The number of nitrogens with zero attached hydrogens (tertiary/aromatic N) is 3. The SMILES string of the molecule is CCOc1ccc(-n2c(SC3CCCCC3=O)nnc2-c2cccc(Cl)c2)cc1. The monoisotopic (exact) mass is 427 g/mol. The predicted molar refractivity (Wildman–Crippen MR) is 116 cm³/mol. The number of hydrogen-bond acceptors (Lipinski definition) is 5. The number of carbonyl (C=O) groups excluding carboxylic acids is 1. The van der Waals surface area contributed by atoms with Crippen LogP contribution in [0.3, 0.4) is 0 Å². The van der Waals surface area contributed by atoms with Crippen LogP contribution in [0, 0.1) is 0 Å². The van der Waals surface area contributed by atoms with Crippen LogP contribution in [0.15, 0.2) is 53.7 Å². The fourth-order valence-electron chi connectivity index (χ4n) is 3.45. The lowest BCUT2D eigenvalue weighted by Gasteiger charge is -2.20. The molecule has 0 saturated heterocycles. The zero-order chi connectivity index (χ0) is 20.2. The molecule has 7 heteroatoms. The molecule has 1 saturated carbocycles. The highest BCUT2D eigenvalue weighted by Crippen LogP contribution is 2.35. The minimum Gasteiger partial charge on any atom is -0.494 e. The van der Waals surface area contributed by atoms with E-state index in [1.807, 2.05) is 60.0 Å². The highest BCUT2D eigenvalue weighted by Gasteiger charge is 2.27. The van der Waals surface area contributed by atoms with Crippen molar-refractivity contribution in [1.29, 1.82) is 0 Å². The molecule has 4 rings (SSSR count). The smallest absolute Gasteiger partial charge is 0.196 e. The second kappa shape index (κ2) is 9.01. The molecule has 2 aromatic carbocycles. The molecule has 5 nitrogen and oxygen atoms in total. The van der Waals surface area contributed by atoms with Gasteiger partial charge in [-0.3, -0.25) is 9.36 Å². The Hall–Kier alpha value is -2.31. The minimum atomic E-state index is -0.0680. The van der Waals surface area contributed by atoms with Gasteiger partial charge in [-0.05, 0) is 56.2 Å². The summed E-state index contributed by atoms with van der Waals surface area (Å²) in [6.45, 7) is 2.57. The van der Waals surface area contributed by atoms with E-state index in [1.54, 1.807) is 0 Å². The number of halogens is 1. The lowest BCUT2D eigenvalue weighted by atomic mass is 9.99. The Morgan fingerprint density at radius 1 is 1.17 bits per heavy atom. The predicted octanol–water partition coefficient (Wildman–Crippen LogP) is 5.59. The van der Waals surface area contributed by atoms with Gasteiger partial charge >= 0.3 is 0 Å². The van der Waals surface area contributed by atoms with Gasteiger partial charge in [0, 0.05) is 22.7 Å². The number of ketones is 1. The Morgan fingerprint density at radius 2 is 2.00 bits per heavy atom. The van der Waals surface area contributed by atoms with E-state index in [-0.39, 0.29) is 5.25 Å². The molecule has 1 fully saturated rings. The van der Waals surface area contributed by atoms with Gasteiger partial charge in [-0.1, -0.05) is 41.9 Å². The van der Waals surface area contributed by atoms with Gasteiger partial charge in [0.15, 0.2) is 11.0 Å². The van der Waals surface area contributed by atoms with Crippen LogP contribution in [0.25, 0.3) is 17.1 Å². The average molecular weight is 428 g/mol. The van der Waals surface area contributed by atoms with Crippen molar-refractivity contribution in [2.24, 2.45) is 0 Å². The van der Waals surface area contributed by atoms with E-state index in [0.717, 1.165) is 36.3 Å². The maximum Gasteiger partial charge on any atom is 0.196 e. The van der Waals surface area contributed by atoms with E-state index >= 15 is 0 Å². The van der Waals surface area contributed by atoms with Crippen molar-refractivity contribution >= 4 is 29.1 Å². The number of thioether (sulfide) groups is 1. The number of carbonyl (C=O) groups is 1. The van der Waals surface area contributed by atoms with Crippen molar-refractivity contribution in [3.63, 3.8) is 0 Å². The molecule has 150 valence electrons. The van der Waals surface area contributed by atoms with Crippen molar-refractivity contribution in [3.05, 3.63) is 53.6 Å². The first-order valence-electron chi connectivity index (χ1n) is 9.79. The molecule has 0 radical (unpaired) electrons. The Morgan fingerprint density at radius 3 is 2.72 bits per heavy atom. The molecule has 0 aliphatic heterocycles. The van der Waals surface area contributed by atoms with Gasteiger partial charge in [0.05, 0.1) is 11.9 Å². The largest absolute Gasteiger partial charge is 0.494 e. The van der Waals surface area contributed by atoms with Gasteiger partial charge in [-0.2, -0.15) is 0 Å². The molecule has 0 N–H and O–H groups in total. The third-order valence-electron chi connectivity index (χ3n) is 4.87. The van der Waals surface area contributed by atoms with Crippen LogP contribution < -0.4 is 4.74 Å². The number of hydrogen-bond donors (Lipinski definition) is 0. The maximum atomic E-state index is 12.4. The van der Waals surface area contributed by atoms with Crippen LogP contribution in [-0.2, 0) is 4.79 Å². The van der Waals surface area contributed by atoms with Crippen LogP contribution >= 0.6 is 23.4 Å². The second-order valence-corrected chi connectivity index (χ2v) is 8.50. The van der Waals surface area contributed by atoms with E-state index in [2.05, 4.69) is 10.2 Å². The van der Waals surface area contributed by atoms with E-state index < -0.39 is 0 Å². The van der Waals surface area contributed by atoms with Crippen molar-refractivity contribution in [2.75, 3.05) is 6.61 Å². The lowest BCUT2D eigenvalue weighted by Crippen LogP contribution is -2.21. The molecule has 0 bridgehead atoms. The molecule has 1 unspecified atom stereocenters. The molecule has 1 heterocycles. The minimum absolute atomic E-state index is 0.0680. The summed E-state index contributed by atoms with van der Waals surface area (Å²) < 4.78 is 7.56. The number of benzene rings is 2. The van der Waals surface area contributed by atoms with E-state index in [4.69, 9.17) is 16.3 Å². The summed E-state index contributed by atoms with van der Waals surface area (Å²) in [7, 11) is 0. The van der Waals surface area contributed by atoms with Crippen LogP contribution in [-0.4, -0.2) is 32.4 Å². The van der Waals surface area contributed by atoms with Crippen LogP contribution in [0.4, 0.5) is 0 Å². The molecular weight excluding hydrogens is 406 g/mol. The third kappa shape index (κ3) is 4.49. The Bertz CT molecular complexity index is 1000. The Kier molecular flexibility index (Phi) is 6.21. The average Bonchev–Trinajstić information content (AvgIpc) is 3.14. The summed E-state index contributed by atoms with van der Waals surface area (Å²) in [6.07, 6.45) is 3.58. The van der Waals surface area contributed by atoms with Gasteiger partial charge in [0.2, 0.25) is 0 Å². The normalized spacial score (nSPS) is 16.8. The van der Waals surface area contributed by atoms with Gasteiger partial charge < -0.3 is 4.74 Å². The maximum absolute atomic E-state index is 12.4. The molecule has 1 aromatic heterocycles. The Balaban J connectivity index is 1.76. The third-order valence-corrected chi connectivity index (χ3v) is 6.36. The molecule has 1 aliphatic rings. The molecule has 1 aliphatic carbocycles. The van der Waals surface area contributed by atoms with E-state index in [9.17, 15) is 4.79 Å². The molecule has 1 atom stereocenters. The van der Waals surface area contributed by atoms with Gasteiger partial charge in [0.1, 0.15) is 11.5 Å². The van der Waals surface area contributed by atoms with Crippen molar-refractivity contribution in [3.8, 4) is 22.8 Å². The van der Waals surface area contributed by atoms with Crippen molar-refractivity contribution in [1.82, 2.24) is 14.8 Å². The first kappa shape index (κ1) is 20.0. The summed E-state index contributed by atoms with van der Waals surface area (Å²) in [5, 5.41) is 10.2. The van der Waals surface area contributed by atoms with Crippen LogP contribution in [0.1, 0.15) is 32.6 Å². The number of rotatable bonds is 6. The summed E-state index contributed by atoms with van der Waals surface area (Å²) in [5.74, 6) is 1.81. The van der Waals surface area contributed by atoms with Gasteiger partial charge in [0.25, 0.3) is 0 Å². The van der Waals surface area contributed by atoms with Crippen molar-refractivity contribution < 1.29 is 9.53 Å². The highest BCUT2D eigenvalue weighted by atomic mass is 35.5. The van der Waals surface area contributed by atoms with Gasteiger partial charge in [-0.25, -0.2) is 0 Å². The van der Waals surface area contributed by atoms with Crippen molar-refractivity contribution in [2.45, 2.75) is 43.0 Å². The molecule has 29 heavy (non-hydrogen) atoms. The summed E-state index contributed by atoms with van der Waals surface area (Å²) in [4.78, 5) is 12.4. The summed E-state index contributed by atoms with van der Waals surface area (Å²) >= 11 is 7.71. The second-order valence-electron chi connectivity index (χ2n) is 6.90. The molecular formula is C22H22ClN3O2S. The van der Waals surface area contributed by atoms with Crippen LogP contribution in [0.2, 0.25) is 5.02 Å². The number of ether oxygens (including phenoxy) is 1. The number of Topliss-reactive ketones (excluding diaryl/α,β-unsaturated/α-hetero) is 1.